The monoisotopic (exact) mass is 494 g/mol. The van der Waals surface area contributed by atoms with E-state index in [0.29, 0.717) is 38.9 Å². The van der Waals surface area contributed by atoms with Crippen molar-refractivity contribution < 1.29 is 19.1 Å². The summed E-state index contributed by atoms with van der Waals surface area (Å²) in [4.78, 5) is 25.6. The van der Waals surface area contributed by atoms with Gasteiger partial charge in [-0.15, -0.1) is 21.5 Å². The Kier molecular flexibility index (Phi) is 8.16. The van der Waals surface area contributed by atoms with Gasteiger partial charge in [0.2, 0.25) is 5.91 Å². The molecule has 3 aromatic rings. The Morgan fingerprint density at radius 2 is 2.00 bits per heavy atom. The number of aromatic nitrogens is 3. The number of benzene rings is 1. The summed E-state index contributed by atoms with van der Waals surface area (Å²) < 4.78 is 12.5. The molecule has 0 aliphatic rings. The maximum atomic E-state index is 12.5. The fourth-order valence-corrected chi connectivity index (χ4v) is 4.99. The van der Waals surface area contributed by atoms with Crippen LogP contribution in [0.25, 0.3) is 0 Å². The van der Waals surface area contributed by atoms with E-state index >= 15 is 0 Å². The molecule has 0 spiro atoms. The number of anilines is 1. The fourth-order valence-electron chi connectivity index (χ4n) is 2.91. The minimum absolute atomic E-state index is 0.111. The summed E-state index contributed by atoms with van der Waals surface area (Å²) in [6.45, 7) is 6.51. The van der Waals surface area contributed by atoms with Gasteiger partial charge in [0.15, 0.2) is 11.0 Å². The van der Waals surface area contributed by atoms with Crippen LogP contribution in [0.15, 0.2) is 29.4 Å². The molecule has 11 heteroatoms. The van der Waals surface area contributed by atoms with Gasteiger partial charge in [0, 0.05) is 11.4 Å². The van der Waals surface area contributed by atoms with Crippen LogP contribution in [-0.2, 0) is 22.7 Å². The van der Waals surface area contributed by atoms with Crippen molar-refractivity contribution in [2.45, 2.75) is 39.1 Å². The maximum absolute atomic E-state index is 12.5. The second-order valence-electron chi connectivity index (χ2n) is 6.68. The third-order valence-corrected chi connectivity index (χ3v) is 7.06. The molecule has 0 aliphatic heterocycles. The SMILES string of the molecule is CCn1c(COc2ccccc2Cl)nnc1SCC(=O)Nc1sc(C)c(C)c1C(=O)OC. The van der Waals surface area contributed by atoms with Crippen molar-refractivity contribution in [2.75, 3.05) is 18.2 Å². The quantitative estimate of drug-likeness (QED) is 0.339. The van der Waals surface area contributed by atoms with Crippen LogP contribution in [0.3, 0.4) is 0 Å². The van der Waals surface area contributed by atoms with Crippen molar-refractivity contribution in [1.29, 1.82) is 0 Å². The Hall–Kier alpha value is -2.56. The van der Waals surface area contributed by atoms with Crippen LogP contribution in [0.2, 0.25) is 5.02 Å². The zero-order chi connectivity index (χ0) is 23.3. The van der Waals surface area contributed by atoms with E-state index in [1.54, 1.807) is 12.1 Å². The number of amides is 1. The van der Waals surface area contributed by atoms with E-state index in [4.69, 9.17) is 21.1 Å². The van der Waals surface area contributed by atoms with Crippen LogP contribution in [0.4, 0.5) is 5.00 Å². The molecule has 0 radical (unpaired) electrons. The van der Waals surface area contributed by atoms with Crippen molar-refractivity contribution in [3.05, 3.63) is 51.1 Å². The predicted molar refractivity (Wildman–Crippen MR) is 126 cm³/mol. The number of thioether (sulfide) groups is 1. The third-order valence-electron chi connectivity index (χ3n) is 4.66. The molecule has 2 aromatic heterocycles. The molecule has 8 nitrogen and oxygen atoms in total. The van der Waals surface area contributed by atoms with E-state index in [-0.39, 0.29) is 18.3 Å². The first kappa shape index (κ1) is 24.1. The molecule has 1 N–H and O–H groups in total. The number of para-hydroxylation sites is 1. The standard InChI is InChI=1S/C21H23ClN4O4S2/c1-5-26-16(10-30-15-9-7-6-8-14(15)22)24-25-21(26)31-11-17(27)23-19-18(20(28)29-4)12(2)13(3)32-19/h6-9H,5,10-11H2,1-4H3,(H,23,27). The second kappa shape index (κ2) is 10.8. The molecule has 1 aromatic carbocycles. The van der Waals surface area contributed by atoms with Crippen LogP contribution >= 0.6 is 34.7 Å². The van der Waals surface area contributed by atoms with E-state index in [2.05, 4.69) is 15.5 Å². The Labute approximate surface area is 199 Å². The molecule has 170 valence electrons. The summed E-state index contributed by atoms with van der Waals surface area (Å²) in [5.41, 5.74) is 1.20. The lowest BCUT2D eigenvalue weighted by atomic mass is 10.1. The van der Waals surface area contributed by atoms with Crippen LogP contribution in [0.1, 0.15) is 33.5 Å². The highest BCUT2D eigenvalue weighted by atomic mass is 35.5. The lowest BCUT2D eigenvalue weighted by Crippen LogP contribution is -2.16. The summed E-state index contributed by atoms with van der Waals surface area (Å²) in [6, 6.07) is 7.21. The first-order valence-electron chi connectivity index (χ1n) is 9.76. The first-order chi connectivity index (χ1) is 15.3. The maximum Gasteiger partial charge on any atom is 0.341 e. The Bertz CT molecular complexity index is 1130. The van der Waals surface area contributed by atoms with Crippen molar-refractivity contribution >= 4 is 51.6 Å². The van der Waals surface area contributed by atoms with E-state index in [1.165, 1.54) is 30.2 Å². The number of hydrogen-bond acceptors (Lipinski definition) is 8. The number of carbonyl (C=O) groups is 2. The van der Waals surface area contributed by atoms with Gasteiger partial charge in [0.25, 0.3) is 0 Å². The number of halogens is 1. The Morgan fingerprint density at radius 3 is 2.69 bits per heavy atom. The zero-order valence-corrected chi connectivity index (χ0v) is 20.5. The van der Waals surface area contributed by atoms with Gasteiger partial charge in [-0.05, 0) is 38.5 Å². The number of nitrogens with zero attached hydrogens (tertiary/aromatic N) is 3. The van der Waals surface area contributed by atoms with Gasteiger partial charge in [-0.1, -0.05) is 35.5 Å². The number of hydrogen-bond donors (Lipinski definition) is 1. The number of aryl methyl sites for hydroxylation is 1. The summed E-state index contributed by atoms with van der Waals surface area (Å²) in [5.74, 6) is 0.592. The number of methoxy groups -OCH3 is 1. The number of rotatable bonds is 9. The van der Waals surface area contributed by atoms with Gasteiger partial charge in [0.05, 0.1) is 23.4 Å². The van der Waals surface area contributed by atoms with Crippen LogP contribution in [-0.4, -0.2) is 39.5 Å². The molecule has 0 saturated heterocycles. The highest BCUT2D eigenvalue weighted by Gasteiger charge is 2.22. The molecule has 0 bridgehead atoms. The molecule has 3 rings (SSSR count). The summed E-state index contributed by atoms with van der Waals surface area (Å²) in [5, 5.41) is 12.8. The van der Waals surface area contributed by atoms with Gasteiger partial charge in [-0.3, -0.25) is 4.79 Å². The summed E-state index contributed by atoms with van der Waals surface area (Å²) in [6.07, 6.45) is 0. The number of thiophene rings is 1. The molecule has 32 heavy (non-hydrogen) atoms. The lowest BCUT2D eigenvalue weighted by molar-refractivity contribution is -0.113. The topological polar surface area (TPSA) is 95.3 Å². The molecule has 0 saturated carbocycles. The van der Waals surface area contributed by atoms with Crippen molar-refractivity contribution in [1.82, 2.24) is 14.8 Å². The fraction of sp³-hybridized carbons (Fsp3) is 0.333. The molecule has 1 amide bonds. The average molecular weight is 495 g/mol. The summed E-state index contributed by atoms with van der Waals surface area (Å²) in [7, 11) is 1.32. The third kappa shape index (κ3) is 5.43. The number of ether oxygens (including phenoxy) is 2. The van der Waals surface area contributed by atoms with Crippen molar-refractivity contribution in [3.8, 4) is 5.75 Å². The van der Waals surface area contributed by atoms with Crippen LogP contribution in [0, 0.1) is 13.8 Å². The molecule has 0 unspecified atom stereocenters. The highest BCUT2D eigenvalue weighted by molar-refractivity contribution is 7.99. The minimum atomic E-state index is -0.469. The minimum Gasteiger partial charge on any atom is -0.484 e. The Morgan fingerprint density at radius 1 is 1.25 bits per heavy atom. The molecule has 0 atom stereocenters. The van der Waals surface area contributed by atoms with Gasteiger partial charge in [-0.2, -0.15) is 0 Å². The van der Waals surface area contributed by atoms with E-state index in [1.807, 2.05) is 37.5 Å². The number of esters is 1. The largest absolute Gasteiger partial charge is 0.484 e. The predicted octanol–water partition coefficient (Wildman–Crippen LogP) is 4.73. The van der Waals surface area contributed by atoms with E-state index in [9.17, 15) is 9.59 Å². The van der Waals surface area contributed by atoms with Crippen LogP contribution < -0.4 is 10.1 Å². The van der Waals surface area contributed by atoms with Gasteiger partial charge in [0.1, 0.15) is 17.4 Å². The van der Waals surface area contributed by atoms with Gasteiger partial charge < -0.3 is 19.4 Å². The van der Waals surface area contributed by atoms with Crippen LogP contribution in [0.5, 0.6) is 5.75 Å². The second-order valence-corrected chi connectivity index (χ2v) is 9.25. The van der Waals surface area contributed by atoms with Crippen molar-refractivity contribution in [2.24, 2.45) is 0 Å². The molecule has 0 aliphatic carbocycles. The molecule has 2 heterocycles. The summed E-state index contributed by atoms with van der Waals surface area (Å²) >= 11 is 8.74. The molecular formula is C21H23ClN4O4S2. The zero-order valence-electron chi connectivity index (χ0n) is 18.1. The van der Waals surface area contributed by atoms with E-state index in [0.717, 1.165) is 10.4 Å². The van der Waals surface area contributed by atoms with E-state index < -0.39 is 5.97 Å². The highest BCUT2D eigenvalue weighted by Crippen LogP contribution is 2.33. The van der Waals surface area contributed by atoms with Gasteiger partial charge >= 0.3 is 5.97 Å². The lowest BCUT2D eigenvalue weighted by Gasteiger charge is -2.10. The van der Waals surface area contributed by atoms with Gasteiger partial charge in [-0.25, -0.2) is 4.79 Å². The number of nitrogens with one attached hydrogen (secondary N) is 1. The number of carbonyl (C=O) groups excluding carboxylic acids is 2. The normalized spacial score (nSPS) is 10.8. The van der Waals surface area contributed by atoms with Crippen molar-refractivity contribution in [3.63, 3.8) is 0 Å². The smallest absolute Gasteiger partial charge is 0.341 e. The first-order valence-corrected chi connectivity index (χ1v) is 11.9. The average Bonchev–Trinajstić information content (AvgIpc) is 3.30. The molecular weight excluding hydrogens is 472 g/mol. The molecule has 0 fully saturated rings. The Balaban J connectivity index is 1.64.